The van der Waals surface area contributed by atoms with Crippen LogP contribution in [0.5, 0.6) is 0 Å². The number of aliphatic hydroxyl groups excluding tert-OH is 1. The van der Waals surface area contributed by atoms with Crippen LogP contribution in [-0.4, -0.2) is 75.8 Å². The second-order valence-corrected chi connectivity index (χ2v) is 5.36. The third-order valence-electron chi connectivity index (χ3n) is 2.58. The lowest BCUT2D eigenvalue weighted by molar-refractivity contribution is -0.00992. The minimum absolute atomic E-state index is 0.234. The Balaban J connectivity index is 3.19. The predicted octanol–water partition coefficient (Wildman–Crippen LogP) is 0.720. The third-order valence-corrected chi connectivity index (χ3v) is 2.58. The number of hydrogen-bond acceptors (Lipinski definition) is 5. The summed E-state index contributed by atoms with van der Waals surface area (Å²) in [5.74, 6) is 0. The van der Waals surface area contributed by atoms with Crippen LogP contribution in [0.2, 0.25) is 0 Å². The van der Waals surface area contributed by atoms with E-state index in [1.54, 1.807) is 0 Å². The zero-order valence-electron chi connectivity index (χ0n) is 13.0. The van der Waals surface area contributed by atoms with Gasteiger partial charge in [0.1, 0.15) is 0 Å². The minimum Gasteiger partial charge on any atom is -0.389 e. The van der Waals surface area contributed by atoms with Crippen molar-refractivity contribution in [2.45, 2.75) is 38.9 Å². The standard InChI is InChI=1S/C14H32N2O3/c1-13(2)19-10-9-18-12-14(17)11-15-7-5-6-8-16(3)4/h13-15,17H,5-12H2,1-4H3. The Morgan fingerprint density at radius 2 is 1.89 bits per heavy atom. The Bertz CT molecular complexity index is 190. The molecule has 5 nitrogen and oxygen atoms in total. The van der Waals surface area contributed by atoms with Gasteiger partial charge in [-0.05, 0) is 53.9 Å². The van der Waals surface area contributed by atoms with Crippen LogP contribution in [0.4, 0.5) is 0 Å². The molecule has 0 aliphatic carbocycles. The Morgan fingerprint density at radius 3 is 2.53 bits per heavy atom. The zero-order chi connectivity index (χ0) is 14.5. The lowest BCUT2D eigenvalue weighted by atomic mass is 10.3. The van der Waals surface area contributed by atoms with E-state index in [0.29, 0.717) is 26.4 Å². The van der Waals surface area contributed by atoms with Crippen LogP contribution >= 0.6 is 0 Å². The fourth-order valence-electron chi connectivity index (χ4n) is 1.57. The summed E-state index contributed by atoms with van der Waals surface area (Å²) >= 11 is 0. The molecule has 0 aromatic carbocycles. The maximum Gasteiger partial charge on any atom is 0.0897 e. The van der Waals surface area contributed by atoms with E-state index in [-0.39, 0.29) is 6.10 Å². The summed E-state index contributed by atoms with van der Waals surface area (Å²) in [5, 5.41) is 12.9. The van der Waals surface area contributed by atoms with Gasteiger partial charge < -0.3 is 24.8 Å². The first-order valence-electron chi connectivity index (χ1n) is 7.25. The molecule has 0 saturated heterocycles. The number of ether oxygens (including phenoxy) is 2. The molecule has 5 heteroatoms. The Morgan fingerprint density at radius 1 is 1.16 bits per heavy atom. The molecule has 0 amide bonds. The topological polar surface area (TPSA) is 54.0 Å². The summed E-state index contributed by atoms with van der Waals surface area (Å²) in [4.78, 5) is 2.18. The highest BCUT2D eigenvalue weighted by Crippen LogP contribution is 1.91. The van der Waals surface area contributed by atoms with E-state index in [2.05, 4.69) is 24.3 Å². The molecule has 0 rings (SSSR count). The van der Waals surface area contributed by atoms with E-state index in [9.17, 15) is 5.11 Å². The number of aliphatic hydroxyl groups is 1. The summed E-state index contributed by atoms with van der Waals surface area (Å²) in [5.41, 5.74) is 0. The van der Waals surface area contributed by atoms with Gasteiger partial charge in [-0.15, -0.1) is 0 Å². The quantitative estimate of drug-likeness (QED) is 0.486. The van der Waals surface area contributed by atoms with Gasteiger partial charge in [-0.2, -0.15) is 0 Å². The van der Waals surface area contributed by atoms with Crippen molar-refractivity contribution in [1.82, 2.24) is 10.2 Å². The molecule has 2 N–H and O–H groups in total. The molecule has 0 bridgehead atoms. The van der Waals surface area contributed by atoms with E-state index >= 15 is 0 Å². The SMILES string of the molecule is CC(C)OCCOCC(O)CNCCCCN(C)C. The summed E-state index contributed by atoms with van der Waals surface area (Å²) in [6.45, 7) is 8.13. The van der Waals surface area contributed by atoms with Crippen molar-refractivity contribution in [3.63, 3.8) is 0 Å². The van der Waals surface area contributed by atoms with E-state index in [1.807, 2.05) is 13.8 Å². The number of unbranched alkanes of at least 4 members (excludes halogenated alkanes) is 1. The highest BCUT2D eigenvalue weighted by molar-refractivity contribution is 4.59. The molecule has 0 spiro atoms. The third kappa shape index (κ3) is 15.7. The number of rotatable bonds is 13. The molecule has 19 heavy (non-hydrogen) atoms. The van der Waals surface area contributed by atoms with Crippen molar-refractivity contribution in [2.24, 2.45) is 0 Å². The molecule has 1 unspecified atom stereocenters. The summed E-state index contributed by atoms with van der Waals surface area (Å²) in [6.07, 6.45) is 2.11. The van der Waals surface area contributed by atoms with Gasteiger partial charge in [0.25, 0.3) is 0 Å². The maximum atomic E-state index is 9.67. The van der Waals surface area contributed by atoms with Crippen molar-refractivity contribution < 1.29 is 14.6 Å². The molecule has 0 aromatic heterocycles. The molecule has 116 valence electrons. The second-order valence-electron chi connectivity index (χ2n) is 5.36. The number of nitrogens with one attached hydrogen (secondary N) is 1. The van der Waals surface area contributed by atoms with Crippen molar-refractivity contribution in [3.8, 4) is 0 Å². The monoisotopic (exact) mass is 276 g/mol. The van der Waals surface area contributed by atoms with Crippen LogP contribution in [0.3, 0.4) is 0 Å². The van der Waals surface area contributed by atoms with Gasteiger partial charge in [-0.25, -0.2) is 0 Å². The van der Waals surface area contributed by atoms with Crippen molar-refractivity contribution in [1.29, 1.82) is 0 Å². The average molecular weight is 276 g/mol. The van der Waals surface area contributed by atoms with Crippen molar-refractivity contribution in [3.05, 3.63) is 0 Å². The van der Waals surface area contributed by atoms with Crippen molar-refractivity contribution >= 4 is 0 Å². The molecule has 0 aromatic rings. The maximum absolute atomic E-state index is 9.67. The van der Waals surface area contributed by atoms with Gasteiger partial charge in [0, 0.05) is 6.54 Å². The molecule has 0 aliphatic rings. The molecule has 0 heterocycles. The van der Waals surface area contributed by atoms with Gasteiger partial charge in [0.15, 0.2) is 0 Å². The Kier molecular flexibility index (Phi) is 12.7. The first-order chi connectivity index (χ1) is 9.02. The van der Waals surface area contributed by atoms with Gasteiger partial charge in [0.05, 0.1) is 32.0 Å². The smallest absolute Gasteiger partial charge is 0.0897 e. The fraction of sp³-hybridized carbons (Fsp3) is 1.00. The van der Waals surface area contributed by atoms with Gasteiger partial charge >= 0.3 is 0 Å². The Labute approximate surface area is 118 Å². The molecule has 0 radical (unpaired) electrons. The van der Waals surface area contributed by atoms with Crippen LogP contribution in [0.25, 0.3) is 0 Å². The molecule has 0 fully saturated rings. The highest BCUT2D eigenvalue weighted by atomic mass is 16.5. The van der Waals surface area contributed by atoms with E-state index in [1.165, 1.54) is 6.42 Å². The lowest BCUT2D eigenvalue weighted by Gasteiger charge is -2.13. The van der Waals surface area contributed by atoms with E-state index < -0.39 is 6.10 Å². The predicted molar refractivity (Wildman–Crippen MR) is 78.6 cm³/mol. The van der Waals surface area contributed by atoms with Gasteiger partial charge in [0.2, 0.25) is 0 Å². The molecule has 1 atom stereocenters. The largest absolute Gasteiger partial charge is 0.389 e. The molecule has 0 aliphatic heterocycles. The van der Waals surface area contributed by atoms with Crippen LogP contribution in [-0.2, 0) is 9.47 Å². The first kappa shape index (κ1) is 18.8. The average Bonchev–Trinajstić information content (AvgIpc) is 2.32. The second kappa shape index (κ2) is 12.8. The Hall–Kier alpha value is -0.200. The number of nitrogens with zero attached hydrogens (tertiary/aromatic N) is 1. The van der Waals surface area contributed by atoms with Crippen LogP contribution in [0.1, 0.15) is 26.7 Å². The normalized spacial score (nSPS) is 13.4. The van der Waals surface area contributed by atoms with Gasteiger partial charge in [-0.1, -0.05) is 0 Å². The first-order valence-corrected chi connectivity index (χ1v) is 7.25. The molecular formula is C14H32N2O3. The van der Waals surface area contributed by atoms with Crippen LogP contribution < -0.4 is 5.32 Å². The van der Waals surface area contributed by atoms with Crippen molar-refractivity contribution in [2.75, 3.05) is 53.6 Å². The van der Waals surface area contributed by atoms with Crippen LogP contribution in [0.15, 0.2) is 0 Å². The van der Waals surface area contributed by atoms with Gasteiger partial charge in [-0.3, -0.25) is 0 Å². The number of hydrogen-bond donors (Lipinski definition) is 2. The summed E-state index contributed by atoms with van der Waals surface area (Å²) in [7, 11) is 4.16. The zero-order valence-corrected chi connectivity index (χ0v) is 13.0. The fourth-order valence-corrected chi connectivity index (χ4v) is 1.57. The minimum atomic E-state index is -0.437. The summed E-state index contributed by atoms with van der Waals surface area (Å²) < 4.78 is 10.7. The lowest BCUT2D eigenvalue weighted by Crippen LogP contribution is -2.31. The summed E-state index contributed by atoms with van der Waals surface area (Å²) in [6, 6.07) is 0. The molecule has 0 saturated carbocycles. The highest BCUT2D eigenvalue weighted by Gasteiger charge is 2.03. The van der Waals surface area contributed by atoms with Crippen LogP contribution in [0, 0.1) is 0 Å². The molecular weight excluding hydrogens is 244 g/mol. The van der Waals surface area contributed by atoms with E-state index in [0.717, 1.165) is 19.5 Å². The van der Waals surface area contributed by atoms with E-state index in [4.69, 9.17) is 9.47 Å².